The summed E-state index contributed by atoms with van der Waals surface area (Å²) in [5, 5.41) is 3.22. The zero-order chi connectivity index (χ0) is 11.0. The average molecular weight is 247 g/mol. The number of nitrogens with one attached hydrogen (secondary N) is 1. The van der Waals surface area contributed by atoms with Gasteiger partial charge in [0.2, 0.25) is 5.91 Å². The lowest BCUT2D eigenvalue weighted by Gasteiger charge is -2.12. The maximum absolute atomic E-state index is 11.3. The maximum Gasteiger partial charge on any atom is 0.227 e. The van der Waals surface area contributed by atoms with Crippen molar-refractivity contribution in [2.24, 2.45) is 0 Å². The van der Waals surface area contributed by atoms with Gasteiger partial charge in [0.25, 0.3) is 0 Å². The van der Waals surface area contributed by atoms with Crippen LogP contribution in [0.2, 0.25) is 10.0 Å². The predicted octanol–water partition coefficient (Wildman–Crippen LogP) is 2.30. The Hall–Kier alpha value is -1.13. The number of fused-ring (bicyclic) bond motifs is 1. The third-order valence-corrected chi connectivity index (χ3v) is 2.73. The van der Waals surface area contributed by atoms with E-state index in [9.17, 15) is 4.79 Å². The highest BCUT2D eigenvalue weighted by molar-refractivity contribution is 6.39. The van der Waals surface area contributed by atoms with Crippen LogP contribution in [0, 0.1) is 0 Å². The van der Waals surface area contributed by atoms with Crippen molar-refractivity contribution in [2.45, 2.75) is 6.42 Å². The summed E-state index contributed by atoms with van der Waals surface area (Å²) < 4.78 is 5.33. The number of carbonyl (C=O) groups excluding carboxylic acids is 1. The fraction of sp³-hybridized carbons (Fsp3) is 0.222. The van der Waals surface area contributed by atoms with Crippen LogP contribution in [0.1, 0.15) is 6.42 Å². The number of amides is 1. The second-order valence-corrected chi connectivity index (χ2v) is 3.90. The first-order chi connectivity index (χ1) is 7.09. The Morgan fingerprint density at radius 1 is 1.47 bits per heavy atom. The number of ether oxygens (including phenoxy) is 1. The Morgan fingerprint density at radius 3 is 2.93 bits per heavy atom. The standard InChI is InChI=1S/C9H8Cl2N2O2/c10-4-3-5(12)7(11)9-8(4)13-6(14)1-2-15-9/h3H,1-2,12H2,(H,13,14). The highest BCUT2D eigenvalue weighted by atomic mass is 35.5. The number of nitrogen functional groups attached to an aromatic ring is 1. The quantitative estimate of drug-likeness (QED) is 0.691. The number of halogens is 2. The minimum absolute atomic E-state index is 0.156. The van der Waals surface area contributed by atoms with E-state index in [1.807, 2.05) is 0 Å². The highest BCUT2D eigenvalue weighted by Crippen LogP contribution is 2.43. The Balaban J connectivity index is 2.60. The van der Waals surface area contributed by atoms with Gasteiger partial charge in [0, 0.05) is 0 Å². The zero-order valence-electron chi connectivity index (χ0n) is 7.64. The first-order valence-electron chi connectivity index (χ1n) is 4.29. The second kappa shape index (κ2) is 3.79. The number of nitrogens with two attached hydrogens (primary N) is 1. The molecule has 0 fully saturated rings. The van der Waals surface area contributed by atoms with Crippen molar-refractivity contribution in [3.05, 3.63) is 16.1 Å². The van der Waals surface area contributed by atoms with E-state index in [0.717, 1.165) is 0 Å². The summed E-state index contributed by atoms with van der Waals surface area (Å²) in [5.41, 5.74) is 6.34. The summed E-state index contributed by atoms with van der Waals surface area (Å²) >= 11 is 11.9. The molecule has 1 aromatic carbocycles. The molecule has 2 rings (SSSR count). The van der Waals surface area contributed by atoms with Crippen LogP contribution >= 0.6 is 23.2 Å². The molecule has 0 unspecified atom stereocenters. The van der Waals surface area contributed by atoms with Gasteiger partial charge in [-0.1, -0.05) is 23.2 Å². The molecule has 80 valence electrons. The minimum Gasteiger partial charge on any atom is -0.489 e. The van der Waals surface area contributed by atoms with Gasteiger partial charge in [-0.25, -0.2) is 0 Å². The second-order valence-electron chi connectivity index (χ2n) is 3.11. The molecule has 15 heavy (non-hydrogen) atoms. The van der Waals surface area contributed by atoms with Crippen LogP contribution < -0.4 is 15.8 Å². The van der Waals surface area contributed by atoms with Gasteiger partial charge in [0.1, 0.15) is 10.7 Å². The van der Waals surface area contributed by atoms with Crippen molar-refractivity contribution in [1.29, 1.82) is 0 Å². The monoisotopic (exact) mass is 246 g/mol. The van der Waals surface area contributed by atoms with Crippen molar-refractivity contribution in [3.63, 3.8) is 0 Å². The lowest BCUT2D eigenvalue weighted by molar-refractivity contribution is -0.116. The number of hydrogen-bond donors (Lipinski definition) is 2. The van der Waals surface area contributed by atoms with Gasteiger partial charge in [-0.15, -0.1) is 0 Å². The van der Waals surface area contributed by atoms with Crippen LogP contribution in [-0.4, -0.2) is 12.5 Å². The number of hydrogen-bond acceptors (Lipinski definition) is 3. The molecule has 1 aliphatic heterocycles. The smallest absolute Gasteiger partial charge is 0.227 e. The average Bonchev–Trinajstić information content (AvgIpc) is 2.37. The Labute approximate surface area is 96.3 Å². The molecule has 0 spiro atoms. The van der Waals surface area contributed by atoms with E-state index >= 15 is 0 Å². The van der Waals surface area contributed by atoms with Gasteiger partial charge in [0.15, 0.2) is 5.75 Å². The van der Waals surface area contributed by atoms with Gasteiger partial charge in [-0.3, -0.25) is 4.79 Å². The number of anilines is 2. The molecule has 0 bridgehead atoms. The van der Waals surface area contributed by atoms with Crippen molar-refractivity contribution in [1.82, 2.24) is 0 Å². The van der Waals surface area contributed by atoms with Crippen molar-refractivity contribution in [2.75, 3.05) is 17.7 Å². The van der Waals surface area contributed by atoms with E-state index in [1.165, 1.54) is 6.07 Å². The summed E-state index contributed by atoms with van der Waals surface area (Å²) in [4.78, 5) is 11.3. The van der Waals surface area contributed by atoms with Crippen molar-refractivity contribution < 1.29 is 9.53 Å². The van der Waals surface area contributed by atoms with Crippen LogP contribution in [0.15, 0.2) is 6.07 Å². The van der Waals surface area contributed by atoms with E-state index < -0.39 is 0 Å². The number of carbonyl (C=O) groups is 1. The lowest BCUT2D eigenvalue weighted by Crippen LogP contribution is -2.10. The fourth-order valence-electron chi connectivity index (χ4n) is 1.32. The molecular formula is C9H8Cl2N2O2. The molecule has 3 N–H and O–H groups in total. The summed E-state index contributed by atoms with van der Waals surface area (Å²) in [6.45, 7) is 0.262. The van der Waals surface area contributed by atoms with E-state index in [0.29, 0.717) is 22.1 Å². The lowest BCUT2D eigenvalue weighted by atomic mass is 10.2. The molecule has 0 aliphatic carbocycles. The van der Waals surface area contributed by atoms with Gasteiger partial charge in [-0.2, -0.15) is 0 Å². The van der Waals surface area contributed by atoms with Crippen molar-refractivity contribution >= 4 is 40.5 Å². The topological polar surface area (TPSA) is 64.3 Å². The summed E-state index contributed by atoms with van der Waals surface area (Å²) in [6, 6.07) is 1.48. The van der Waals surface area contributed by atoms with E-state index in [2.05, 4.69) is 5.32 Å². The Kier molecular flexibility index (Phi) is 2.63. The first kappa shape index (κ1) is 10.4. The van der Waals surface area contributed by atoms with Crippen LogP contribution in [-0.2, 0) is 4.79 Å². The normalized spacial score (nSPS) is 14.9. The molecule has 0 aromatic heterocycles. The van der Waals surface area contributed by atoms with Gasteiger partial charge in [-0.05, 0) is 6.07 Å². The first-order valence-corrected chi connectivity index (χ1v) is 5.05. The molecule has 1 amide bonds. The number of rotatable bonds is 0. The summed E-state index contributed by atoms with van der Waals surface area (Å²) in [5.74, 6) is 0.184. The van der Waals surface area contributed by atoms with Crippen LogP contribution in [0.5, 0.6) is 5.75 Å². The molecule has 1 heterocycles. The molecule has 1 aromatic rings. The van der Waals surface area contributed by atoms with E-state index in [-0.39, 0.29) is 24.0 Å². The van der Waals surface area contributed by atoms with Crippen LogP contribution in [0.25, 0.3) is 0 Å². The van der Waals surface area contributed by atoms with E-state index in [1.54, 1.807) is 0 Å². The molecule has 0 atom stereocenters. The minimum atomic E-state index is -0.156. The molecular weight excluding hydrogens is 239 g/mol. The Morgan fingerprint density at radius 2 is 2.20 bits per heavy atom. The van der Waals surface area contributed by atoms with Gasteiger partial charge in [0.05, 0.1) is 23.7 Å². The SMILES string of the molecule is Nc1cc(Cl)c2c(c1Cl)OCCC(=O)N2. The summed E-state index contributed by atoms with van der Waals surface area (Å²) in [6.07, 6.45) is 0.265. The van der Waals surface area contributed by atoms with Crippen LogP contribution in [0.4, 0.5) is 11.4 Å². The maximum atomic E-state index is 11.3. The third kappa shape index (κ3) is 1.82. The van der Waals surface area contributed by atoms with Crippen LogP contribution in [0.3, 0.4) is 0 Å². The van der Waals surface area contributed by atoms with Crippen molar-refractivity contribution in [3.8, 4) is 5.75 Å². The predicted molar refractivity (Wildman–Crippen MR) is 59.6 cm³/mol. The molecule has 1 aliphatic rings. The molecule has 6 heteroatoms. The zero-order valence-corrected chi connectivity index (χ0v) is 9.15. The molecule has 0 saturated heterocycles. The van der Waals surface area contributed by atoms with Gasteiger partial charge < -0.3 is 15.8 Å². The molecule has 0 radical (unpaired) electrons. The fourth-order valence-corrected chi connectivity index (χ4v) is 1.78. The summed E-state index contributed by atoms with van der Waals surface area (Å²) in [7, 11) is 0. The molecule has 4 nitrogen and oxygen atoms in total. The highest BCUT2D eigenvalue weighted by Gasteiger charge is 2.21. The third-order valence-electron chi connectivity index (χ3n) is 2.04. The Bertz CT molecular complexity index is 435. The van der Waals surface area contributed by atoms with Gasteiger partial charge >= 0.3 is 0 Å². The molecule has 0 saturated carbocycles. The largest absolute Gasteiger partial charge is 0.489 e. The van der Waals surface area contributed by atoms with E-state index in [4.69, 9.17) is 33.7 Å². The number of benzene rings is 1.